The third-order valence-corrected chi connectivity index (χ3v) is 5.36. The third-order valence-electron chi connectivity index (χ3n) is 5.36. The highest BCUT2D eigenvalue weighted by atomic mass is 16.5. The van der Waals surface area contributed by atoms with Crippen LogP contribution in [-0.4, -0.2) is 25.7 Å². The summed E-state index contributed by atoms with van der Waals surface area (Å²) in [6.45, 7) is 8.96. The van der Waals surface area contributed by atoms with E-state index in [1.807, 2.05) is 37.3 Å². The molecule has 1 aliphatic rings. The van der Waals surface area contributed by atoms with E-state index in [-0.39, 0.29) is 6.03 Å². The van der Waals surface area contributed by atoms with E-state index in [2.05, 4.69) is 35.4 Å². The highest BCUT2D eigenvalue weighted by molar-refractivity contribution is 6.03. The predicted octanol–water partition coefficient (Wildman–Crippen LogP) is 5.98. The summed E-state index contributed by atoms with van der Waals surface area (Å²) >= 11 is 0. The molecule has 2 amide bonds. The van der Waals surface area contributed by atoms with Crippen molar-refractivity contribution in [2.75, 3.05) is 35.2 Å². The number of ether oxygens (including phenoxy) is 1. The standard InChI is InChI=1S/C24H33N3O2/c1-4-6-7-8-16-29-22-17-18(3)12-13-20(22)25-24(28)26-21-11-9-10-19-14-15-27(5-2)23(19)21/h9-13,17H,4-8,14-16H2,1-3H3,(H2,25,26,28). The number of nitrogens with one attached hydrogen (secondary N) is 2. The summed E-state index contributed by atoms with van der Waals surface area (Å²) in [5.74, 6) is 0.727. The zero-order valence-corrected chi connectivity index (χ0v) is 17.9. The molecule has 0 unspecified atom stereocenters. The van der Waals surface area contributed by atoms with Crippen LogP contribution in [0.25, 0.3) is 0 Å². The van der Waals surface area contributed by atoms with Crippen molar-refractivity contribution in [2.24, 2.45) is 0 Å². The first-order chi connectivity index (χ1) is 14.1. The maximum absolute atomic E-state index is 12.7. The number of amides is 2. The Bertz CT molecular complexity index is 835. The van der Waals surface area contributed by atoms with E-state index in [4.69, 9.17) is 4.74 Å². The van der Waals surface area contributed by atoms with Crippen LogP contribution < -0.4 is 20.3 Å². The van der Waals surface area contributed by atoms with Gasteiger partial charge in [0.2, 0.25) is 0 Å². The first-order valence-corrected chi connectivity index (χ1v) is 10.8. The summed E-state index contributed by atoms with van der Waals surface area (Å²) in [5, 5.41) is 6.00. The topological polar surface area (TPSA) is 53.6 Å². The van der Waals surface area contributed by atoms with Crippen molar-refractivity contribution in [1.29, 1.82) is 0 Å². The molecule has 2 N–H and O–H groups in total. The van der Waals surface area contributed by atoms with Crippen LogP contribution in [0.1, 0.15) is 50.7 Å². The van der Waals surface area contributed by atoms with Crippen LogP contribution >= 0.6 is 0 Å². The van der Waals surface area contributed by atoms with Gasteiger partial charge in [-0.3, -0.25) is 0 Å². The molecule has 0 aromatic heterocycles. The van der Waals surface area contributed by atoms with Gasteiger partial charge in [0, 0.05) is 13.1 Å². The molecular weight excluding hydrogens is 362 g/mol. The molecular formula is C24H33N3O2. The molecule has 1 heterocycles. The van der Waals surface area contributed by atoms with Crippen LogP contribution in [0.3, 0.4) is 0 Å². The second kappa shape index (κ2) is 10.2. The number of fused-ring (bicyclic) bond motifs is 1. The number of benzene rings is 2. The van der Waals surface area contributed by atoms with Crippen LogP contribution in [0, 0.1) is 6.92 Å². The number of carbonyl (C=O) groups excluding carboxylic acids is 1. The summed E-state index contributed by atoms with van der Waals surface area (Å²) in [6, 6.07) is 11.7. The molecule has 0 aliphatic carbocycles. The van der Waals surface area contributed by atoms with Crippen LogP contribution in [0.5, 0.6) is 5.75 Å². The minimum atomic E-state index is -0.249. The minimum absolute atomic E-state index is 0.249. The summed E-state index contributed by atoms with van der Waals surface area (Å²) in [5.41, 5.74) is 5.09. The summed E-state index contributed by atoms with van der Waals surface area (Å²) in [7, 11) is 0. The van der Waals surface area contributed by atoms with Crippen molar-refractivity contribution in [1.82, 2.24) is 0 Å². The van der Waals surface area contributed by atoms with E-state index in [1.165, 1.54) is 24.8 Å². The largest absolute Gasteiger partial charge is 0.491 e. The molecule has 0 fully saturated rings. The first-order valence-electron chi connectivity index (χ1n) is 10.8. The number of carbonyl (C=O) groups is 1. The smallest absolute Gasteiger partial charge is 0.323 e. The Morgan fingerprint density at radius 3 is 2.69 bits per heavy atom. The first kappa shape index (κ1) is 21.0. The van der Waals surface area contributed by atoms with Crippen molar-refractivity contribution >= 4 is 23.1 Å². The summed E-state index contributed by atoms with van der Waals surface area (Å²) in [4.78, 5) is 15.0. The second-order valence-electron chi connectivity index (χ2n) is 7.63. The van der Waals surface area contributed by atoms with Crippen molar-refractivity contribution in [3.63, 3.8) is 0 Å². The SMILES string of the molecule is CCCCCCOc1cc(C)ccc1NC(=O)Nc1cccc2c1N(CC)CC2. The molecule has 0 spiro atoms. The predicted molar refractivity (Wildman–Crippen MR) is 121 cm³/mol. The zero-order chi connectivity index (χ0) is 20.6. The van der Waals surface area contributed by atoms with Gasteiger partial charge < -0.3 is 20.3 Å². The molecule has 0 saturated carbocycles. The monoisotopic (exact) mass is 395 g/mol. The highest BCUT2D eigenvalue weighted by Crippen LogP contribution is 2.35. The van der Waals surface area contributed by atoms with E-state index in [1.54, 1.807) is 0 Å². The average molecular weight is 396 g/mol. The number of nitrogens with zero attached hydrogens (tertiary/aromatic N) is 1. The quantitative estimate of drug-likeness (QED) is 0.514. The number of rotatable bonds is 9. The van der Waals surface area contributed by atoms with E-state index >= 15 is 0 Å². The van der Waals surface area contributed by atoms with Gasteiger partial charge in [0.15, 0.2) is 0 Å². The molecule has 29 heavy (non-hydrogen) atoms. The van der Waals surface area contributed by atoms with Gasteiger partial charge in [-0.2, -0.15) is 0 Å². The Morgan fingerprint density at radius 1 is 1.07 bits per heavy atom. The van der Waals surface area contributed by atoms with Crippen LogP contribution in [0.2, 0.25) is 0 Å². The van der Waals surface area contributed by atoms with Gasteiger partial charge in [-0.25, -0.2) is 4.79 Å². The fourth-order valence-corrected chi connectivity index (χ4v) is 3.79. The fourth-order valence-electron chi connectivity index (χ4n) is 3.79. The summed E-state index contributed by atoms with van der Waals surface area (Å²) in [6.07, 6.45) is 5.64. The highest BCUT2D eigenvalue weighted by Gasteiger charge is 2.22. The van der Waals surface area contributed by atoms with Crippen LogP contribution in [0.4, 0.5) is 21.9 Å². The summed E-state index contributed by atoms with van der Waals surface area (Å²) < 4.78 is 5.97. The number of likely N-dealkylation sites (N-methyl/N-ethyl adjacent to an activating group) is 1. The lowest BCUT2D eigenvalue weighted by Crippen LogP contribution is -2.24. The molecule has 0 atom stereocenters. The molecule has 3 rings (SSSR count). The number of urea groups is 1. The number of unbranched alkanes of at least 4 members (excludes halogenated alkanes) is 3. The third kappa shape index (κ3) is 5.43. The lowest BCUT2D eigenvalue weighted by molar-refractivity contribution is 0.261. The normalized spacial score (nSPS) is 12.6. The Hall–Kier alpha value is -2.69. The van der Waals surface area contributed by atoms with Gasteiger partial charge in [0.05, 0.1) is 23.7 Å². The van der Waals surface area contributed by atoms with Gasteiger partial charge in [0.25, 0.3) is 0 Å². The number of aryl methyl sites for hydroxylation is 1. The number of anilines is 3. The molecule has 2 aromatic carbocycles. The molecule has 2 aromatic rings. The van der Waals surface area contributed by atoms with Crippen molar-refractivity contribution < 1.29 is 9.53 Å². The minimum Gasteiger partial charge on any atom is -0.491 e. The Balaban J connectivity index is 1.66. The number of hydrogen-bond donors (Lipinski definition) is 2. The van der Waals surface area contributed by atoms with Gasteiger partial charge in [-0.05, 0) is 56.0 Å². The molecule has 5 heteroatoms. The molecule has 1 aliphatic heterocycles. The van der Waals surface area contributed by atoms with E-state index < -0.39 is 0 Å². The van der Waals surface area contributed by atoms with E-state index in [0.717, 1.165) is 48.6 Å². The maximum Gasteiger partial charge on any atom is 0.323 e. The second-order valence-corrected chi connectivity index (χ2v) is 7.63. The van der Waals surface area contributed by atoms with Gasteiger partial charge >= 0.3 is 6.03 Å². The number of hydrogen-bond acceptors (Lipinski definition) is 3. The molecule has 0 radical (unpaired) electrons. The van der Waals surface area contributed by atoms with Gasteiger partial charge in [-0.15, -0.1) is 0 Å². The van der Waals surface area contributed by atoms with Gasteiger partial charge in [0.1, 0.15) is 5.75 Å². The van der Waals surface area contributed by atoms with E-state index in [0.29, 0.717) is 12.3 Å². The van der Waals surface area contributed by atoms with Crippen LogP contribution in [0.15, 0.2) is 36.4 Å². The van der Waals surface area contributed by atoms with E-state index in [9.17, 15) is 4.79 Å². The lowest BCUT2D eigenvalue weighted by Gasteiger charge is -2.21. The van der Waals surface area contributed by atoms with Crippen LogP contribution in [-0.2, 0) is 6.42 Å². The fraction of sp³-hybridized carbons (Fsp3) is 0.458. The van der Waals surface area contributed by atoms with Gasteiger partial charge in [-0.1, -0.05) is 44.4 Å². The van der Waals surface area contributed by atoms with Crippen molar-refractivity contribution in [3.8, 4) is 5.75 Å². The molecule has 0 saturated heterocycles. The number of para-hydroxylation sites is 1. The Morgan fingerprint density at radius 2 is 1.90 bits per heavy atom. The van der Waals surface area contributed by atoms with Crippen molar-refractivity contribution in [2.45, 2.75) is 52.9 Å². The molecule has 5 nitrogen and oxygen atoms in total. The molecule has 0 bridgehead atoms. The Labute approximate surface area is 174 Å². The van der Waals surface area contributed by atoms with Crippen molar-refractivity contribution in [3.05, 3.63) is 47.5 Å². The maximum atomic E-state index is 12.7. The zero-order valence-electron chi connectivity index (χ0n) is 17.9. The average Bonchev–Trinajstić information content (AvgIpc) is 3.14. The lowest BCUT2D eigenvalue weighted by atomic mass is 10.1. The Kier molecular flexibility index (Phi) is 7.39. The molecule has 156 valence electrons.